The molecule has 4 nitrogen and oxygen atoms in total. The number of ether oxygens (including phenoxy) is 1. The minimum absolute atomic E-state index is 0.146. The number of carbonyl (C=O) groups is 1. The molecule has 2 aromatic carbocycles. The lowest BCUT2D eigenvalue weighted by Crippen LogP contribution is -2.16. The lowest BCUT2D eigenvalue weighted by molar-refractivity contribution is 0.157. The molecule has 0 saturated carbocycles. The summed E-state index contributed by atoms with van der Waals surface area (Å²) in [5, 5.41) is 4.42. The summed E-state index contributed by atoms with van der Waals surface area (Å²) in [6.07, 6.45) is 1.01. The van der Waals surface area contributed by atoms with Crippen LogP contribution >= 0.6 is 0 Å². The third kappa shape index (κ3) is 3.21. The van der Waals surface area contributed by atoms with Crippen molar-refractivity contribution in [3.05, 3.63) is 79.4 Å². The van der Waals surface area contributed by atoms with Gasteiger partial charge in [0.25, 0.3) is 0 Å². The molecule has 0 aliphatic heterocycles. The summed E-state index contributed by atoms with van der Waals surface area (Å²) in [4.78, 5) is 12.3. The highest BCUT2D eigenvalue weighted by Gasteiger charge is 2.17. The van der Waals surface area contributed by atoms with Crippen molar-refractivity contribution in [1.29, 1.82) is 0 Å². The van der Waals surface area contributed by atoms with E-state index in [9.17, 15) is 4.79 Å². The zero-order valence-electron chi connectivity index (χ0n) is 12.6. The van der Waals surface area contributed by atoms with Gasteiger partial charge in [-0.25, -0.2) is 4.79 Å². The maximum Gasteiger partial charge on any atom is 0.435 e. The average Bonchev–Trinajstić information content (AvgIpc) is 3.07. The van der Waals surface area contributed by atoms with E-state index in [4.69, 9.17) is 4.74 Å². The number of hydrogen-bond acceptors (Lipinski definition) is 3. The Bertz CT molecular complexity index is 808. The van der Waals surface area contributed by atoms with Gasteiger partial charge in [-0.05, 0) is 6.07 Å². The molecule has 114 valence electrons. The standard InChI is InChI=1S/C19H16N2O2/c1-2-13-23-19(22)21-18(16-11-7-4-8-12-16)14-17(20-21)15-9-5-3-6-10-15/h2-12,14H,1,13H2. The third-order valence-corrected chi connectivity index (χ3v) is 3.35. The molecular formula is C19H16N2O2. The normalized spacial score (nSPS) is 10.3. The van der Waals surface area contributed by atoms with Crippen LogP contribution in [-0.2, 0) is 4.74 Å². The molecule has 0 N–H and O–H groups in total. The summed E-state index contributed by atoms with van der Waals surface area (Å²) in [5.41, 5.74) is 3.26. The van der Waals surface area contributed by atoms with Gasteiger partial charge in [0.1, 0.15) is 6.61 Å². The summed E-state index contributed by atoms with van der Waals surface area (Å²) >= 11 is 0. The summed E-state index contributed by atoms with van der Waals surface area (Å²) in [6, 6.07) is 21.3. The Hall–Kier alpha value is -3.14. The molecule has 0 atom stereocenters. The Labute approximate surface area is 134 Å². The van der Waals surface area contributed by atoms with Crippen LogP contribution in [0.1, 0.15) is 0 Å². The Balaban J connectivity index is 2.07. The van der Waals surface area contributed by atoms with Crippen molar-refractivity contribution < 1.29 is 9.53 Å². The van der Waals surface area contributed by atoms with E-state index in [1.807, 2.05) is 66.7 Å². The molecule has 4 heteroatoms. The monoisotopic (exact) mass is 304 g/mol. The largest absolute Gasteiger partial charge is 0.444 e. The molecule has 3 aromatic rings. The van der Waals surface area contributed by atoms with Crippen LogP contribution in [0.3, 0.4) is 0 Å². The van der Waals surface area contributed by atoms with E-state index in [1.54, 1.807) is 0 Å². The van der Waals surface area contributed by atoms with E-state index in [1.165, 1.54) is 10.8 Å². The number of carbonyl (C=O) groups excluding carboxylic acids is 1. The van der Waals surface area contributed by atoms with Crippen LogP contribution in [-0.4, -0.2) is 22.5 Å². The van der Waals surface area contributed by atoms with Gasteiger partial charge < -0.3 is 4.74 Å². The van der Waals surface area contributed by atoms with Gasteiger partial charge in [-0.3, -0.25) is 0 Å². The maximum atomic E-state index is 12.3. The molecule has 1 heterocycles. The molecule has 0 bridgehead atoms. The second-order valence-electron chi connectivity index (χ2n) is 4.92. The smallest absolute Gasteiger partial charge is 0.435 e. The first-order valence-electron chi connectivity index (χ1n) is 7.28. The fourth-order valence-corrected chi connectivity index (χ4v) is 2.28. The van der Waals surface area contributed by atoms with E-state index in [0.29, 0.717) is 5.69 Å². The molecule has 0 fully saturated rings. The highest BCUT2D eigenvalue weighted by atomic mass is 16.6. The lowest BCUT2D eigenvalue weighted by atomic mass is 10.1. The fourth-order valence-electron chi connectivity index (χ4n) is 2.28. The van der Waals surface area contributed by atoms with Crippen LogP contribution in [0.5, 0.6) is 0 Å². The zero-order valence-corrected chi connectivity index (χ0v) is 12.6. The highest BCUT2D eigenvalue weighted by Crippen LogP contribution is 2.26. The molecule has 0 spiro atoms. The first kappa shape index (κ1) is 14.8. The Morgan fingerprint density at radius 2 is 1.65 bits per heavy atom. The van der Waals surface area contributed by atoms with Gasteiger partial charge in [-0.1, -0.05) is 73.3 Å². The summed E-state index contributed by atoms with van der Waals surface area (Å²) < 4.78 is 6.42. The van der Waals surface area contributed by atoms with Crippen molar-refractivity contribution in [1.82, 2.24) is 9.78 Å². The van der Waals surface area contributed by atoms with E-state index in [2.05, 4.69) is 11.7 Å². The molecule has 3 rings (SSSR count). The van der Waals surface area contributed by atoms with Gasteiger partial charge in [-0.2, -0.15) is 9.78 Å². The first-order valence-corrected chi connectivity index (χ1v) is 7.28. The predicted molar refractivity (Wildman–Crippen MR) is 90.0 cm³/mol. The maximum absolute atomic E-state index is 12.3. The molecular weight excluding hydrogens is 288 g/mol. The molecule has 0 saturated heterocycles. The zero-order chi connectivity index (χ0) is 16.1. The average molecular weight is 304 g/mol. The molecule has 0 radical (unpaired) electrons. The van der Waals surface area contributed by atoms with Crippen molar-refractivity contribution in [3.63, 3.8) is 0 Å². The van der Waals surface area contributed by atoms with Crippen molar-refractivity contribution >= 4 is 6.09 Å². The van der Waals surface area contributed by atoms with Crippen molar-refractivity contribution in [3.8, 4) is 22.5 Å². The van der Waals surface area contributed by atoms with E-state index in [-0.39, 0.29) is 6.61 Å². The van der Waals surface area contributed by atoms with Crippen molar-refractivity contribution in [2.24, 2.45) is 0 Å². The highest BCUT2D eigenvalue weighted by molar-refractivity contribution is 5.80. The van der Waals surface area contributed by atoms with Crippen LogP contribution in [0.15, 0.2) is 79.4 Å². The van der Waals surface area contributed by atoms with Gasteiger partial charge in [-0.15, -0.1) is 0 Å². The van der Waals surface area contributed by atoms with Gasteiger partial charge in [0, 0.05) is 11.1 Å². The number of benzene rings is 2. The Kier molecular flexibility index (Phi) is 4.34. The number of aromatic nitrogens is 2. The topological polar surface area (TPSA) is 44.1 Å². The van der Waals surface area contributed by atoms with Gasteiger partial charge >= 0.3 is 6.09 Å². The van der Waals surface area contributed by atoms with E-state index >= 15 is 0 Å². The van der Waals surface area contributed by atoms with E-state index < -0.39 is 6.09 Å². The second-order valence-corrected chi connectivity index (χ2v) is 4.92. The first-order chi connectivity index (χ1) is 11.3. The Morgan fingerprint density at radius 3 is 2.26 bits per heavy atom. The molecule has 1 aromatic heterocycles. The number of rotatable bonds is 4. The Morgan fingerprint density at radius 1 is 1.04 bits per heavy atom. The third-order valence-electron chi connectivity index (χ3n) is 3.35. The SMILES string of the molecule is C=CCOC(=O)n1nc(-c2ccccc2)cc1-c1ccccc1. The molecule has 23 heavy (non-hydrogen) atoms. The van der Waals surface area contributed by atoms with Crippen LogP contribution in [0.2, 0.25) is 0 Å². The van der Waals surface area contributed by atoms with Gasteiger partial charge in [0.05, 0.1) is 11.4 Å². The number of hydrogen-bond donors (Lipinski definition) is 0. The predicted octanol–water partition coefficient (Wildman–Crippen LogP) is 4.39. The van der Waals surface area contributed by atoms with Crippen LogP contribution in [0.4, 0.5) is 4.79 Å². The summed E-state index contributed by atoms with van der Waals surface area (Å²) in [5.74, 6) is 0. The second kappa shape index (κ2) is 6.75. The minimum Gasteiger partial charge on any atom is -0.444 e. The van der Waals surface area contributed by atoms with Gasteiger partial charge in [0.2, 0.25) is 0 Å². The quantitative estimate of drug-likeness (QED) is 0.671. The minimum atomic E-state index is -0.522. The molecule has 0 aliphatic carbocycles. The van der Waals surface area contributed by atoms with Crippen molar-refractivity contribution in [2.75, 3.05) is 6.61 Å². The van der Waals surface area contributed by atoms with Crippen molar-refractivity contribution in [2.45, 2.75) is 0 Å². The summed E-state index contributed by atoms with van der Waals surface area (Å²) in [7, 11) is 0. The van der Waals surface area contributed by atoms with Crippen LogP contribution in [0.25, 0.3) is 22.5 Å². The molecule has 0 aliphatic rings. The molecule has 0 unspecified atom stereocenters. The summed E-state index contributed by atoms with van der Waals surface area (Å²) in [6.45, 7) is 3.70. The van der Waals surface area contributed by atoms with E-state index in [0.717, 1.165) is 16.8 Å². The van der Waals surface area contributed by atoms with Crippen LogP contribution < -0.4 is 0 Å². The fraction of sp³-hybridized carbons (Fsp3) is 0.0526. The number of nitrogens with zero attached hydrogens (tertiary/aromatic N) is 2. The van der Waals surface area contributed by atoms with Crippen LogP contribution in [0, 0.1) is 0 Å². The molecule has 0 amide bonds. The lowest BCUT2D eigenvalue weighted by Gasteiger charge is -2.05. The van der Waals surface area contributed by atoms with Gasteiger partial charge in [0.15, 0.2) is 0 Å².